The Balaban J connectivity index is 2.18. The van der Waals surface area contributed by atoms with E-state index in [2.05, 4.69) is 10.5 Å². The summed E-state index contributed by atoms with van der Waals surface area (Å²) in [5.74, 6) is -0.973. The average Bonchev–Trinajstić information content (AvgIpc) is 2.85. The highest BCUT2D eigenvalue weighted by atomic mass is 16.5. The van der Waals surface area contributed by atoms with Crippen LogP contribution in [0.3, 0.4) is 0 Å². The molecule has 1 fully saturated rings. The maximum atomic E-state index is 12.2. The number of carboxylic acids is 1. The van der Waals surface area contributed by atoms with Crippen LogP contribution in [0.15, 0.2) is 4.52 Å². The first-order valence-corrected chi connectivity index (χ1v) is 5.91. The molecule has 0 aliphatic carbocycles. The molecule has 0 saturated carbocycles. The Morgan fingerprint density at radius 2 is 2.16 bits per heavy atom. The molecule has 2 heterocycles. The van der Waals surface area contributed by atoms with Crippen LogP contribution >= 0.6 is 0 Å². The molecule has 1 saturated heterocycles. The lowest BCUT2D eigenvalue weighted by molar-refractivity contribution is -0.148. The van der Waals surface area contributed by atoms with Crippen LogP contribution < -0.4 is 5.32 Å². The minimum absolute atomic E-state index is 0.0783. The van der Waals surface area contributed by atoms with Crippen molar-refractivity contribution in [1.29, 1.82) is 0 Å². The van der Waals surface area contributed by atoms with Crippen molar-refractivity contribution in [3.63, 3.8) is 0 Å². The zero-order chi connectivity index (χ0) is 14.2. The quantitative estimate of drug-likeness (QED) is 0.828. The number of amides is 1. The summed E-state index contributed by atoms with van der Waals surface area (Å²) in [4.78, 5) is 23.4. The third-order valence-corrected chi connectivity index (χ3v) is 3.51. The number of hydrogen-bond acceptors (Lipinski definition) is 5. The minimum atomic E-state index is -1.12. The van der Waals surface area contributed by atoms with Crippen molar-refractivity contribution in [1.82, 2.24) is 10.5 Å². The van der Waals surface area contributed by atoms with Gasteiger partial charge in [0.25, 0.3) is 5.91 Å². The Labute approximate surface area is 109 Å². The van der Waals surface area contributed by atoms with Gasteiger partial charge in [-0.1, -0.05) is 5.16 Å². The maximum Gasteiger partial charge on any atom is 0.313 e. The molecule has 1 amide bonds. The number of aryl methyl sites for hydroxylation is 2. The molecule has 7 heteroatoms. The standard InChI is InChI=1S/C12H16N2O5/c1-6-9(7(2)19-14-6)10(15)13-8-4-18-5-12(8,3)11(16)17/h8H,4-5H2,1-3H3,(H,13,15)(H,16,17). The third kappa shape index (κ3) is 2.21. The second kappa shape index (κ2) is 4.65. The van der Waals surface area contributed by atoms with E-state index in [1.807, 2.05) is 0 Å². The van der Waals surface area contributed by atoms with E-state index < -0.39 is 17.4 Å². The normalized spacial score (nSPS) is 26.4. The lowest BCUT2D eigenvalue weighted by Crippen LogP contribution is -2.49. The topological polar surface area (TPSA) is 102 Å². The number of aromatic nitrogens is 1. The second-order valence-electron chi connectivity index (χ2n) is 4.96. The van der Waals surface area contributed by atoms with Gasteiger partial charge in [0.1, 0.15) is 16.7 Å². The largest absolute Gasteiger partial charge is 0.481 e. The van der Waals surface area contributed by atoms with Crippen LogP contribution in [0.4, 0.5) is 0 Å². The Kier molecular flexibility index (Phi) is 3.32. The molecule has 0 aromatic carbocycles. The van der Waals surface area contributed by atoms with Crippen molar-refractivity contribution < 1.29 is 24.0 Å². The molecule has 2 N–H and O–H groups in total. The van der Waals surface area contributed by atoms with Crippen molar-refractivity contribution in [3.05, 3.63) is 17.0 Å². The number of carboxylic acid groups (broad SMARTS) is 1. The summed E-state index contributed by atoms with van der Waals surface area (Å²) in [7, 11) is 0. The van der Waals surface area contributed by atoms with Gasteiger partial charge in [0.2, 0.25) is 0 Å². The fourth-order valence-corrected chi connectivity index (χ4v) is 2.12. The number of ether oxygens (including phenoxy) is 1. The first kappa shape index (κ1) is 13.5. The van der Waals surface area contributed by atoms with Gasteiger partial charge in [-0.3, -0.25) is 9.59 Å². The van der Waals surface area contributed by atoms with Crippen LogP contribution in [-0.2, 0) is 9.53 Å². The molecule has 1 aliphatic heterocycles. The van der Waals surface area contributed by atoms with Gasteiger partial charge < -0.3 is 19.7 Å². The van der Waals surface area contributed by atoms with Crippen molar-refractivity contribution in [3.8, 4) is 0 Å². The van der Waals surface area contributed by atoms with Gasteiger partial charge in [0.15, 0.2) is 0 Å². The van der Waals surface area contributed by atoms with E-state index in [4.69, 9.17) is 9.26 Å². The monoisotopic (exact) mass is 268 g/mol. The summed E-state index contributed by atoms with van der Waals surface area (Å²) < 4.78 is 10.1. The molecule has 1 aliphatic rings. The van der Waals surface area contributed by atoms with Crippen molar-refractivity contribution in [2.24, 2.45) is 5.41 Å². The number of aliphatic carboxylic acids is 1. The summed E-state index contributed by atoms with van der Waals surface area (Å²) in [6.07, 6.45) is 0. The number of carbonyl (C=O) groups is 2. The SMILES string of the molecule is Cc1noc(C)c1C(=O)NC1COCC1(C)C(=O)O. The van der Waals surface area contributed by atoms with E-state index in [1.165, 1.54) is 0 Å². The molecule has 19 heavy (non-hydrogen) atoms. The highest BCUT2D eigenvalue weighted by molar-refractivity contribution is 5.96. The molecular formula is C12H16N2O5. The van der Waals surface area contributed by atoms with Crippen molar-refractivity contribution >= 4 is 11.9 Å². The van der Waals surface area contributed by atoms with Gasteiger partial charge in [-0.25, -0.2) is 0 Å². The lowest BCUT2D eigenvalue weighted by Gasteiger charge is -2.25. The Morgan fingerprint density at radius 1 is 1.47 bits per heavy atom. The first-order valence-electron chi connectivity index (χ1n) is 5.91. The van der Waals surface area contributed by atoms with Crippen LogP contribution in [0.25, 0.3) is 0 Å². The molecule has 2 atom stereocenters. The Bertz CT molecular complexity index is 505. The molecule has 1 aromatic heterocycles. The number of nitrogens with zero attached hydrogens (tertiary/aromatic N) is 1. The molecular weight excluding hydrogens is 252 g/mol. The summed E-state index contributed by atoms with van der Waals surface area (Å²) in [5, 5.41) is 15.6. The first-order chi connectivity index (χ1) is 8.86. The fraction of sp³-hybridized carbons (Fsp3) is 0.583. The molecule has 2 rings (SSSR count). The van der Waals surface area contributed by atoms with Crippen LogP contribution in [0.5, 0.6) is 0 Å². The van der Waals surface area contributed by atoms with E-state index in [9.17, 15) is 14.7 Å². The predicted octanol–water partition coefficient (Wildman–Crippen LogP) is 0.511. The van der Waals surface area contributed by atoms with Gasteiger partial charge in [-0.2, -0.15) is 0 Å². The van der Waals surface area contributed by atoms with E-state index in [0.717, 1.165) is 0 Å². The highest BCUT2D eigenvalue weighted by Crippen LogP contribution is 2.29. The van der Waals surface area contributed by atoms with Gasteiger partial charge in [0, 0.05) is 0 Å². The second-order valence-corrected chi connectivity index (χ2v) is 4.96. The van der Waals surface area contributed by atoms with Crippen molar-refractivity contribution in [2.75, 3.05) is 13.2 Å². The fourth-order valence-electron chi connectivity index (χ4n) is 2.12. The highest BCUT2D eigenvalue weighted by Gasteiger charge is 2.47. The smallest absolute Gasteiger partial charge is 0.313 e. The van der Waals surface area contributed by atoms with Crippen LogP contribution in [-0.4, -0.2) is 41.4 Å². The van der Waals surface area contributed by atoms with E-state index in [0.29, 0.717) is 17.0 Å². The number of rotatable bonds is 3. The maximum absolute atomic E-state index is 12.2. The minimum Gasteiger partial charge on any atom is -0.481 e. The summed E-state index contributed by atoms with van der Waals surface area (Å²) in [5.41, 5.74) is -0.292. The molecule has 2 unspecified atom stereocenters. The number of carbonyl (C=O) groups excluding carboxylic acids is 1. The van der Waals surface area contributed by atoms with E-state index >= 15 is 0 Å². The Morgan fingerprint density at radius 3 is 2.68 bits per heavy atom. The van der Waals surface area contributed by atoms with Crippen LogP contribution in [0, 0.1) is 19.3 Å². The number of nitrogens with one attached hydrogen (secondary N) is 1. The Hall–Kier alpha value is -1.89. The van der Waals surface area contributed by atoms with E-state index in [-0.39, 0.29) is 19.1 Å². The van der Waals surface area contributed by atoms with E-state index in [1.54, 1.807) is 20.8 Å². The summed E-state index contributed by atoms with van der Waals surface area (Å²) in [6.45, 7) is 5.11. The molecule has 0 radical (unpaired) electrons. The van der Waals surface area contributed by atoms with Crippen molar-refractivity contribution in [2.45, 2.75) is 26.8 Å². The number of hydrogen-bond donors (Lipinski definition) is 2. The zero-order valence-corrected chi connectivity index (χ0v) is 11.0. The predicted molar refractivity (Wildman–Crippen MR) is 63.8 cm³/mol. The van der Waals surface area contributed by atoms with Crippen LogP contribution in [0.2, 0.25) is 0 Å². The molecule has 0 bridgehead atoms. The van der Waals surface area contributed by atoms with Gasteiger partial charge in [0.05, 0.1) is 24.9 Å². The van der Waals surface area contributed by atoms with Gasteiger partial charge in [-0.05, 0) is 20.8 Å². The van der Waals surface area contributed by atoms with Gasteiger partial charge >= 0.3 is 5.97 Å². The average molecular weight is 268 g/mol. The summed E-state index contributed by atoms with van der Waals surface area (Å²) in [6, 6.07) is -0.578. The molecule has 7 nitrogen and oxygen atoms in total. The zero-order valence-electron chi connectivity index (χ0n) is 11.0. The lowest BCUT2D eigenvalue weighted by atomic mass is 9.85. The third-order valence-electron chi connectivity index (χ3n) is 3.51. The summed E-state index contributed by atoms with van der Waals surface area (Å²) >= 11 is 0. The molecule has 0 spiro atoms. The molecule has 104 valence electrons. The van der Waals surface area contributed by atoms with Gasteiger partial charge in [-0.15, -0.1) is 0 Å². The molecule has 1 aromatic rings. The van der Waals surface area contributed by atoms with Crippen LogP contribution in [0.1, 0.15) is 28.7 Å².